The van der Waals surface area contributed by atoms with Gasteiger partial charge in [0.15, 0.2) is 12.4 Å². The van der Waals surface area contributed by atoms with Crippen LogP contribution < -0.4 is 20.7 Å². The summed E-state index contributed by atoms with van der Waals surface area (Å²) in [6, 6.07) is 44.1. The van der Waals surface area contributed by atoms with Gasteiger partial charge in [-0.3, -0.25) is 24.5 Å². The lowest BCUT2D eigenvalue weighted by Gasteiger charge is -2.57. The summed E-state index contributed by atoms with van der Waals surface area (Å²) in [7, 11) is 1.63. The molecule has 0 aliphatic heterocycles. The fourth-order valence-electron chi connectivity index (χ4n) is 13.5. The van der Waals surface area contributed by atoms with E-state index >= 15 is 0 Å². The summed E-state index contributed by atoms with van der Waals surface area (Å²) >= 11 is 0. The zero-order chi connectivity index (χ0) is 54.2. The quantitative estimate of drug-likeness (QED) is 0.0312. The van der Waals surface area contributed by atoms with Gasteiger partial charge in [-0.1, -0.05) is 153 Å². The molecule has 2 amide bonds. The minimum Gasteiger partial charge on any atom is -0.497 e. The highest BCUT2D eigenvalue weighted by Gasteiger charge is 2.68. The Labute approximate surface area is 451 Å². The van der Waals surface area contributed by atoms with Crippen molar-refractivity contribution in [3.05, 3.63) is 185 Å². The van der Waals surface area contributed by atoms with Crippen LogP contribution in [0.25, 0.3) is 0 Å². The van der Waals surface area contributed by atoms with Crippen LogP contribution in [0, 0.1) is 28.6 Å². The molecule has 77 heavy (non-hydrogen) atoms. The monoisotopic (exact) mass is 1040 g/mol. The molecule has 3 saturated carbocycles. The number of rotatable bonds is 21. The number of ketones is 3. The molecule has 402 valence electrons. The highest BCUT2D eigenvalue weighted by molar-refractivity contribution is 5.96. The van der Waals surface area contributed by atoms with E-state index in [1.807, 2.05) is 128 Å². The van der Waals surface area contributed by atoms with Gasteiger partial charge in [0.1, 0.15) is 35.8 Å². The van der Waals surface area contributed by atoms with Gasteiger partial charge < -0.3 is 30.0 Å². The van der Waals surface area contributed by atoms with Crippen LogP contribution >= 0.6 is 0 Å². The summed E-state index contributed by atoms with van der Waals surface area (Å²) in [5.41, 5.74) is 1.28. The van der Waals surface area contributed by atoms with Gasteiger partial charge in [0, 0.05) is 30.6 Å². The molecule has 8 unspecified atom stereocenters. The average Bonchev–Trinajstić information content (AvgIpc) is 4.02. The van der Waals surface area contributed by atoms with Gasteiger partial charge in [0.2, 0.25) is 11.7 Å². The summed E-state index contributed by atoms with van der Waals surface area (Å²) in [4.78, 5) is 83.7. The molecule has 4 N–H and O–H groups in total. The molecule has 5 aromatic carbocycles. The first-order valence-corrected chi connectivity index (χ1v) is 27.2. The smallest absolute Gasteiger partial charge is 0.408 e. The molecular weight excluding hydrogens is 971 g/mol. The fraction of sp³-hybridized carbons (Fsp3) is 0.406. The maximum absolute atomic E-state index is 14.5. The first-order valence-electron chi connectivity index (χ1n) is 27.2. The van der Waals surface area contributed by atoms with Gasteiger partial charge in [0.25, 0.3) is 0 Å². The van der Waals surface area contributed by atoms with E-state index in [2.05, 4.69) is 47.1 Å². The normalized spacial score (nSPS) is 24.4. The number of Topliss-reactive ketones (excluding diaryl/α,β-unsaturated/α-hetero) is 2. The Morgan fingerprint density at radius 3 is 1.95 bits per heavy atom. The number of nitrogens with one attached hydrogen (secondary N) is 3. The van der Waals surface area contributed by atoms with Crippen molar-refractivity contribution >= 4 is 35.3 Å². The number of allylic oxidation sites excluding steroid dienone is 1. The van der Waals surface area contributed by atoms with Crippen LogP contribution in [0.2, 0.25) is 0 Å². The van der Waals surface area contributed by atoms with E-state index in [0.29, 0.717) is 51.5 Å². The van der Waals surface area contributed by atoms with Crippen molar-refractivity contribution in [3.63, 3.8) is 0 Å². The fourth-order valence-corrected chi connectivity index (χ4v) is 13.5. The maximum atomic E-state index is 14.5. The van der Waals surface area contributed by atoms with Crippen LogP contribution in [-0.2, 0) is 52.0 Å². The number of hydrogen-bond acceptors (Lipinski definition) is 11. The molecule has 3 fully saturated rings. The van der Waals surface area contributed by atoms with Crippen molar-refractivity contribution in [2.24, 2.45) is 28.6 Å². The Balaban J connectivity index is 0.933. The topological polar surface area (TPSA) is 186 Å². The molecular formula is C64H71N3O10. The van der Waals surface area contributed by atoms with Crippen molar-refractivity contribution in [2.45, 2.75) is 114 Å². The van der Waals surface area contributed by atoms with Crippen molar-refractivity contribution < 1.29 is 48.1 Å². The summed E-state index contributed by atoms with van der Waals surface area (Å²) < 4.78 is 16.9. The van der Waals surface area contributed by atoms with E-state index in [4.69, 9.17) is 14.2 Å². The highest BCUT2D eigenvalue weighted by atomic mass is 16.5. The summed E-state index contributed by atoms with van der Waals surface area (Å²) in [6.07, 6.45) is 5.06. The Kier molecular flexibility index (Phi) is 16.7. The molecule has 13 heteroatoms. The van der Waals surface area contributed by atoms with Crippen LogP contribution in [0.4, 0.5) is 4.79 Å². The third-order valence-electron chi connectivity index (χ3n) is 17.6. The molecule has 13 nitrogen and oxygen atoms in total. The number of carbonyl (C=O) groups is 6. The predicted molar refractivity (Wildman–Crippen MR) is 291 cm³/mol. The van der Waals surface area contributed by atoms with E-state index < -0.39 is 64.4 Å². The first kappa shape index (κ1) is 54.6. The Bertz CT molecular complexity index is 2890. The third kappa shape index (κ3) is 11.3. The maximum Gasteiger partial charge on any atom is 0.408 e. The average molecular weight is 1040 g/mol. The molecule has 5 aromatic rings. The van der Waals surface area contributed by atoms with Crippen molar-refractivity contribution in [3.8, 4) is 5.75 Å². The zero-order valence-electron chi connectivity index (χ0n) is 44.3. The van der Waals surface area contributed by atoms with Crippen molar-refractivity contribution in [1.82, 2.24) is 16.0 Å². The number of fused-ring (bicyclic) bond motifs is 5. The summed E-state index contributed by atoms with van der Waals surface area (Å²) in [5.74, 6) is -1.92. The molecule has 0 radical (unpaired) electrons. The van der Waals surface area contributed by atoms with Gasteiger partial charge in [-0.05, 0) is 121 Å². The van der Waals surface area contributed by atoms with Crippen LogP contribution in [0.3, 0.4) is 0 Å². The minimum absolute atomic E-state index is 0.00354. The molecule has 8 atom stereocenters. The largest absolute Gasteiger partial charge is 0.497 e. The third-order valence-corrected chi connectivity index (χ3v) is 17.6. The Morgan fingerprint density at radius 1 is 0.701 bits per heavy atom. The number of hydrogen-bond donors (Lipinski definition) is 4. The molecule has 0 aromatic heterocycles. The number of benzene rings is 5. The van der Waals surface area contributed by atoms with Gasteiger partial charge in [-0.2, -0.15) is 0 Å². The van der Waals surface area contributed by atoms with Crippen LogP contribution in [0.15, 0.2) is 157 Å². The lowest BCUT2D eigenvalue weighted by Crippen LogP contribution is -2.61. The second-order valence-electron chi connectivity index (χ2n) is 22.0. The van der Waals surface area contributed by atoms with E-state index in [0.717, 1.165) is 39.1 Å². The second kappa shape index (κ2) is 23.6. The zero-order valence-corrected chi connectivity index (χ0v) is 44.3. The van der Waals surface area contributed by atoms with Crippen LogP contribution in [0.5, 0.6) is 5.75 Å². The van der Waals surface area contributed by atoms with Crippen LogP contribution in [0.1, 0.15) is 106 Å². The lowest BCUT2D eigenvalue weighted by atomic mass is 9.46. The SMILES string of the molecule is COc1ccc(C(NCCCCC(NC(=O)C(Cc2ccccc2)NC(=O)OCc2ccccc2)C(=O)OCC(=O)C2(O)CCC3C4CCC5=CC(=O)CCC5(C)C4C(=O)CC32C)(c2ccccc2)c2ccccc2)cc1. The second-order valence-corrected chi connectivity index (χ2v) is 22.0. The first-order chi connectivity index (χ1) is 37.2. The van der Waals surface area contributed by atoms with E-state index in [9.17, 15) is 33.9 Å². The van der Waals surface area contributed by atoms with Crippen molar-refractivity contribution in [2.75, 3.05) is 20.3 Å². The number of alkyl carbamates (subject to hydrolysis) is 1. The Morgan fingerprint density at radius 2 is 1.31 bits per heavy atom. The molecule has 0 saturated heterocycles. The number of aliphatic hydroxyl groups is 1. The number of carbonyl (C=O) groups excluding carboxylic acids is 6. The van der Waals surface area contributed by atoms with E-state index in [-0.39, 0.29) is 61.6 Å². The number of methoxy groups -OCH3 is 1. The minimum atomic E-state index is -1.94. The van der Waals surface area contributed by atoms with Gasteiger partial charge in [0.05, 0.1) is 12.6 Å². The molecule has 0 spiro atoms. The standard InChI is InChI=1S/C64H71N3O10/c1-61-35-33-49(68)39-48(61)29-32-51-52-34-36-63(74,62(52,2)40-55(69)57(51)61)56(70)42-76-59(72)53(66-58(71)54(38-43-18-8-4-9-19-43)67-60(73)77-41-44-20-10-5-11-21-44)26-16-17-37-65-64(45-22-12-6-13-23-45,46-24-14-7-15-25-46)47-27-30-50(75-3)31-28-47/h4-15,18-25,27-28,30-31,39,51-54,57,65,74H,16-17,26,29,32-38,40-42H2,1-3H3,(H,66,71)(H,67,73). The summed E-state index contributed by atoms with van der Waals surface area (Å²) in [5, 5.41) is 22.0. The molecule has 4 aliphatic carbocycles. The van der Waals surface area contributed by atoms with Gasteiger partial charge in [-0.15, -0.1) is 0 Å². The lowest BCUT2D eigenvalue weighted by molar-refractivity contribution is -0.174. The van der Waals surface area contributed by atoms with Gasteiger partial charge in [-0.25, -0.2) is 9.59 Å². The van der Waals surface area contributed by atoms with Gasteiger partial charge >= 0.3 is 12.1 Å². The highest BCUT2D eigenvalue weighted by Crippen LogP contribution is 2.66. The van der Waals surface area contributed by atoms with Crippen molar-refractivity contribution in [1.29, 1.82) is 0 Å². The predicted octanol–water partition coefficient (Wildman–Crippen LogP) is 9.32. The number of ether oxygens (including phenoxy) is 3. The Hall–Kier alpha value is -7.22. The van der Waals surface area contributed by atoms with E-state index in [1.54, 1.807) is 13.2 Å². The summed E-state index contributed by atoms with van der Waals surface area (Å²) in [6.45, 7) is 3.60. The molecule has 4 aliphatic rings. The van der Waals surface area contributed by atoms with Crippen LogP contribution in [-0.4, -0.2) is 78.4 Å². The molecule has 9 rings (SSSR count). The molecule has 0 bridgehead atoms. The number of unbranched alkanes of at least 4 members (excludes halogenated alkanes) is 1. The number of amides is 2. The number of esters is 1. The van der Waals surface area contributed by atoms with E-state index in [1.165, 1.54) is 0 Å². The molecule has 0 heterocycles.